The number of halogens is 2. The third-order valence-corrected chi connectivity index (χ3v) is 6.29. The zero-order chi connectivity index (χ0) is 26.2. The quantitative estimate of drug-likeness (QED) is 0.334. The molecule has 1 saturated carbocycles. The van der Waals surface area contributed by atoms with Gasteiger partial charge in [0.25, 0.3) is 0 Å². The van der Waals surface area contributed by atoms with Crippen LogP contribution in [-0.4, -0.2) is 70.3 Å². The molecule has 0 aliphatic heterocycles. The number of benzene rings is 1. The SMILES string of the molecule is C[C@@H](CNc1nccc(-c2[nH]c(C3CC3)nc2-c2cc(F)cc(NS(C)(=O)=O)c2F)n1)N(C)C(=O)O. The summed E-state index contributed by atoms with van der Waals surface area (Å²) in [4.78, 5) is 28.5. The predicted molar refractivity (Wildman–Crippen MR) is 129 cm³/mol. The first-order chi connectivity index (χ1) is 16.9. The van der Waals surface area contributed by atoms with Gasteiger partial charge in [-0.15, -0.1) is 0 Å². The maximum atomic E-state index is 15.4. The minimum absolute atomic E-state index is 0.0779. The summed E-state index contributed by atoms with van der Waals surface area (Å²) in [6.07, 6.45) is 3.02. The summed E-state index contributed by atoms with van der Waals surface area (Å²) in [5, 5.41) is 12.1. The van der Waals surface area contributed by atoms with Crippen LogP contribution in [0, 0.1) is 11.6 Å². The van der Waals surface area contributed by atoms with Crippen LogP contribution in [0.25, 0.3) is 22.6 Å². The van der Waals surface area contributed by atoms with Gasteiger partial charge in [0.2, 0.25) is 16.0 Å². The first-order valence-electron chi connectivity index (χ1n) is 11.0. The van der Waals surface area contributed by atoms with Crippen LogP contribution in [0.2, 0.25) is 0 Å². The number of hydrogen-bond acceptors (Lipinski definition) is 7. The molecule has 1 aliphatic carbocycles. The highest BCUT2D eigenvalue weighted by Gasteiger charge is 2.30. The van der Waals surface area contributed by atoms with E-state index < -0.39 is 33.4 Å². The van der Waals surface area contributed by atoms with Crippen molar-refractivity contribution in [1.82, 2.24) is 24.8 Å². The molecule has 36 heavy (non-hydrogen) atoms. The van der Waals surface area contributed by atoms with Crippen molar-refractivity contribution in [3.8, 4) is 22.6 Å². The van der Waals surface area contributed by atoms with Gasteiger partial charge < -0.3 is 20.3 Å². The second-order valence-electron chi connectivity index (χ2n) is 8.70. The molecule has 1 amide bonds. The van der Waals surface area contributed by atoms with Gasteiger partial charge in [-0.1, -0.05) is 0 Å². The minimum atomic E-state index is -3.86. The number of H-pyrrole nitrogens is 1. The molecule has 2 aromatic heterocycles. The normalized spacial score (nSPS) is 14.4. The molecule has 14 heteroatoms. The molecule has 4 rings (SSSR count). The van der Waals surface area contributed by atoms with E-state index in [4.69, 9.17) is 5.11 Å². The van der Waals surface area contributed by atoms with E-state index in [1.165, 1.54) is 13.2 Å². The average Bonchev–Trinajstić information content (AvgIpc) is 3.56. The minimum Gasteiger partial charge on any atom is -0.465 e. The van der Waals surface area contributed by atoms with Gasteiger partial charge in [0.15, 0.2) is 5.82 Å². The third-order valence-electron chi connectivity index (χ3n) is 5.70. The van der Waals surface area contributed by atoms with Crippen LogP contribution >= 0.6 is 0 Å². The van der Waals surface area contributed by atoms with Gasteiger partial charge in [0.1, 0.15) is 17.3 Å². The van der Waals surface area contributed by atoms with Crippen LogP contribution in [-0.2, 0) is 10.0 Å². The summed E-state index contributed by atoms with van der Waals surface area (Å²) in [5.74, 6) is -0.887. The summed E-state index contributed by atoms with van der Waals surface area (Å²) >= 11 is 0. The predicted octanol–water partition coefficient (Wildman–Crippen LogP) is 3.47. The summed E-state index contributed by atoms with van der Waals surface area (Å²) in [5.41, 5.74) is -0.0375. The van der Waals surface area contributed by atoms with Gasteiger partial charge in [-0.2, -0.15) is 0 Å². The number of sulfonamides is 1. The number of anilines is 2. The van der Waals surface area contributed by atoms with Crippen LogP contribution in [0.5, 0.6) is 0 Å². The van der Waals surface area contributed by atoms with Crippen LogP contribution in [0.4, 0.5) is 25.2 Å². The Hall–Kier alpha value is -3.81. The van der Waals surface area contributed by atoms with E-state index in [2.05, 4.69) is 25.3 Å². The van der Waals surface area contributed by atoms with Crippen molar-refractivity contribution in [2.24, 2.45) is 0 Å². The lowest BCUT2D eigenvalue weighted by Crippen LogP contribution is -2.38. The molecule has 192 valence electrons. The van der Waals surface area contributed by atoms with E-state index in [9.17, 15) is 17.6 Å². The number of hydrogen-bond donors (Lipinski definition) is 4. The van der Waals surface area contributed by atoms with Crippen molar-refractivity contribution in [3.05, 3.63) is 41.9 Å². The fourth-order valence-corrected chi connectivity index (χ4v) is 4.05. The highest BCUT2D eigenvalue weighted by atomic mass is 32.2. The van der Waals surface area contributed by atoms with Crippen molar-refractivity contribution in [2.45, 2.75) is 31.7 Å². The largest absolute Gasteiger partial charge is 0.465 e. The number of carboxylic acid groups (broad SMARTS) is 1. The Morgan fingerprint density at radius 1 is 1.31 bits per heavy atom. The van der Waals surface area contributed by atoms with E-state index in [0.29, 0.717) is 17.2 Å². The number of nitrogens with zero attached hydrogens (tertiary/aromatic N) is 4. The molecular formula is C22H25F2N7O4S. The van der Waals surface area contributed by atoms with Gasteiger partial charge >= 0.3 is 6.09 Å². The van der Waals surface area contributed by atoms with E-state index in [-0.39, 0.29) is 35.7 Å². The number of aromatic nitrogens is 4. The Kier molecular flexibility index (Phi) is 6.80. The average molecular weight is 522 g/mol. The summed E-state index contributed by atoms with van der Waals surface area (Å²) in [6, 6.07) is 2.90. The number of amides is 1. The highest BCUT2D eigenvalue weighted by Crippen LogP contribution is 2.42. The smallest absolute Gasteiger partial charge is 0.407 e. The molecule has 11 nitrogen and oxygen atoms in total. The molecule has 0 unspecified atom stereocenters. The number of imidazole rings is 1. The van der Waals surface area contributed by atoms with Crippen molar-refractivity contribution in [3.63, 3.8) is 0 Å². The van der Waals surface area contributed by atoms with E-state index >= 15 is 4.39 Å². The van der Waals surface area contributed by atoms with Gasteiger partial charge in [-0.05, 0) is 31.9 Å². The summed E-state index contributed by atoms with van der Waals surface area (Å²) in [7, 11) is -2.41. The van der Waals surface area contributed by atoms with E-state index in [1.54, 1.807) is 13.0 Å². The Balaban J connectivity index is 1.73. The van der Waals surface area contributed by atoms with Crippen molar-refractivity contribution in [1.29, 1.82) is 0 Å². The number of rotatable bonds is 9. The van der Waals surface area contributed by atoms with Gasteiger partial charge in [-0.25, -0.2) is 36.9 Å². The molecule has 0 bridgehead atoms. The molecule has 1 aliphatic rings. The van der Waals surface area contributed by atoms with Crippen molar-refractivity contribution < 1.29 is 27.1 Å². The molecule has 3 aromatic rings. The maximum Gasteiger partial charge on any atom is 0.407 e. The first kappa shape index (κ1) is 25.3. The Morgan fingerprint density at radius 2 is 2.03 bits per heavy atom. The zero-order valence-corrected chi connectivity index (χ0v) is 20.5. The number of aromatic amines is 1. The highest BCUT2D eigenvalue weighted by molar-refractivity contribution is 7.92. The maximum absolute atomic E-state index is 15.4. The topological polar surface area (TPSA) is 153 Å². The van der Waals surface area contributed by atoms with Crippen LogP contribution in [0.3, 0.4) is 0 Å². The molecule has 4 N–H and O–H groups in total. The lowest BCUT2D eigenvalue weighted by atomic mass is 10.1. The zero-order valence-electron chi connectivity index (χ0n) is 19.7. The fraction of sp³-hybridized carbons (Fsp3) is 0.364. The molecule has 1 fully saturated rings. The van der Waals surface area contributed by atoms with Crippen molar-refractivity contribution in [2.75, 3.05) is 29.9 Å². The third kappa shape index (κ3) is 5.70. The standard InChI is InChI=1S/C22H25F2N7O4S/c1-11(31(2)22(32)33)10-26-21-25-7-6-15(27-21)19-18(28-20(29-19)12-4-5-12)14-8-13(23)9-16(17(14)24)30-36(3,34)35/h6-9,11-12,30H,4-5,10H2,1-3H3,(H,28,29)(H,32,33)(H,25,26,27)/t11-/m0/s1. The molecular weight excluding hydrogens is 496 g/mol. The van der Waals surface area contributed by atoms with Gasteiger partial charge in [0.05, 0.1) is 23.3 Å². The lowest BCUT2D eigenvalue weighted by molar-refractivity contribution is 0.144. The van der Waals surface area contributed by atoms with E-state index in [1.807, 2.05) is 4.72 Å². The molecule has 1 aromatic carbocycles. The fourth-order valence-electron chi connectivity index (χ4n) is 3.51. The molecule has 2 heterocycles. The molecule has 1 atom stereocenters. The second kappa shape index (κ2) is 9.68. The van der Waals surface area contributed by atoms with Crippen LogP contribution < -0.4 is 10.0 Å². The Labute approximate surface area is 206 Å². The van der Waals surface area contributed by atoms with Crippen LogP contribution in [0.1, 0.15) is 31.5 Å². The van der Waals surface area contributed by atoms with Gasteiger partial charge in [0, 0.05) is 43.4 Å². The lowest BCUT2D eigenvalue weighted by Gasteiger charge is -2.21. The number of likely N-dealkylation sites (N-methyl/N-ethyl adjacent to an activating group) is 1. The Morgan fingerprint density at radius 3 is 2.67 bits per heavy atom. The van der Waals surface area contributed by atoms with E-state index in [0.717, 1.165) is 36.1 Å². The molecule has 0 spiro atoms. The monoisotopic (exact) mass is 521 g/mol. The summed E-state index contributed by atoms with van der Waals surface area (Å²) in [6.45, 7) is 1.95. The Bertz CT molecular complexity index is 1410. The van der Waals surface area contributed by atoms with Crippen LogP contribution in [0.15, 0.2) is 24.4 Å². The second-order valence-corrected chi connectivity index (χ2v) is 10.4. The van der Waals surface area contributed by atoms with Gasteiger partial charge in [-0.3, -0.25) is 4.72 Å². The molecule has 0 saturated heterocycles. The number of nitrogens with one attached hydrogen (secondary N) is 3. The molecule has 0 radical (unpaired) electrons. The number of carbonyl (C=O) groups is 1. The summed E-state index contributed by atoms with van der Waals surface area (Å²) < 4.78 is 55.1. The first-order valence-corrected chi connectivity index (χ1v) is 12.9. The van der Waals surface area contributed by atoms with Crippen molar-refractivity contribution >= 4 is 27.8 Å².